The van der Waals surface area contributed by atoms with Crippen LogP contribution in [0, 0.1) is 5.41 Å². The number of aromatic nitrogens is 3. The predicted octanol–water partition coefficient (Wildman–Crippen LogP) is 10.0. The van der Waals surface area contributed by atoms with Gasteiger partial charge in [-0.25, -0.2) is 52.0 Å². The SMILES string of the molecule is C.C.C=CC(=O)OCC(C)(COC(=O)C=C)CC(=O)OCCCCCCCCCCCSCCCn1c(=O)n(CCCSCCOC(=C)NC(C)(COC(=O)C=C)COC(=O)C=C)c(=O)n(CC(F)(F)C(F)(F)OC(F)(F)C(F)(F)C(C)(F)F)c1=O. The second-order valence-electron chi connectivity index (χ2n) is 19.6. The second kappa shape index (κ2) is 39.0. The predicted molar refractivity (Wildman–Crippen MR) is 305 cm³/mol. The van der Waals surface area contributed by atoms with E-state index in [4.69, 9.17) is 28.4 Å². The molecule has 0 aliphatic rings. The summed E-state index contributed by atoms with van der Waals surface area (Å²) in [6.45, 7) is 14.2. The summed E-state index contributed by atoms with van der Waals surface area (Å²) in [5.74, 6) is -21.1. The van der Waals surface area contributed by atoms with E-state index in [-0.39, 0.29) is 106 Å². The topological polar surface area (TPSA) is 228 Å². The monoisotopic (exact) mass is 1290 g/mol. The number of nitrogens with zero attached hydrogens (tertiary/aromatic N) is 3. The Morgan fingerprint density at radius 2 is 0.884 bits per heavy atom. The molecule has 1 rings (SSSR count). The number of unbranched alkanes of at least 4 members (excludes halogenated alkanes) is 8. The summed E-state index contributed by atoms with van der Waals surface area (Å²) in [6, 6.07) is 0. The molecule has 31 heteroatoms. The first-order valence-electron chi connectivity index (χ1n) is 26.2. The summed E-state index contributed by atoms with van der Waals surface area (Å²) in [5.41, 5.74) is -7.48. The number of alkyl halides is 10. The Balaban J connectivity index is 0. The van der Waals surface area contributed by atoms with Gasteiger partial charge < -0.3 is 33.7 Å². The molecule has 0 bridgehead atoms. The molecule has 1 aromatic rings. The van der Waals surface area contributed by atoms with Gasteiger partial charge in [0.1, 0.15) is 38.5 Å². The van der Waals surface area contributed by atoms with E-state index in [1.165, 1.54) is 18.7 Å². The van der Waals surface area contributed by atoms with Crippen LogP contribution in [-0.4, -0.2) is 142 Å². The highest BCUT2D eigenvalue weighted by Crippen LogP contribution is 2.50. The molecule has 0 aliphatic heterocycles. The van der Waals surface area contributed by atoms with Crippen molar-refractivity contribution in [1.82, 2.24) is 19.0 Å². The van der Waals surface area contributed by atoms with E-state index in [1.807, 2.05) is 0 Å². The van der Waals surface area contributed by atoms with Gasteiger partial charge in [-0.2, -0.15) is 67.4 Å². The third-order valence-corrected chi connectivity index (χ3v) is 13.9. The van der Waals surface area contributed by atoms with Gasteiger partial charge >= 0.3 is 76.9 Å². The van der Waals surface area contributed by atoms with Crippen LogP contribution in [0.4, 0.5) is 43.9 Å². The summed E-state index contributed by atoms with van der Waals surface area (Å²) in [7, 11) is 0. The average molecular weight is 1290 g/mol. The molecule has 1 N–H and O–H groups in total. The fraction of sp³-hybridized carbons (Fsp3) is 0.673. The Hall–Kier alpha value is -5.98. The third kappa shape index (κ3) is 28.7. The molecule has 494 valence electrons. The Morgan fingerprint density at radius 1 is 0.500 bits per heavy atom. The summed E-state index contributed by atoms with van der Waals surface area (Å²) < 4.78 is 175. The maximum absolute atomic E-state index is 15.2. The van der Waals surface area contributed by atoms with Crippen molar-refractivity contribution in [2.45, 2.75) is 168 Å². The largest absolute Gasteiger partial charge is 0.479 e. The first kappa shape index (κ1) is 82.1. The fourth-order valence-electron chi connectivity index (χ4n) is 7.07. The van der Waals surface area contributed by atoms with E-state index in [0.717, 1.165) is 87.4 Å². The maximum atomic E-state index is 15.2. The van der Waals surface area contributed by atoms with E-state index in [0.29, 0.717) is 12.2 Å². The minimum Gasteiger partial charge on any atom is -0.479 e. The van der Waals surface area contributed by atoms with Gasteiger partial charge in [-0.15, -0.1) is 0 Å². The van der Waals surface area contributed by atoms with Crippen molar-refractivity contribution in [2.24, 2.45) is 5.41 Å². The standard InChI is InChI=1S/C53H74F10N4O15S2.2CH4/c1-9-39(68)78-34-47(6,35-79-40(69)10-2)32-43(72)77-26-20-18-16-14-13-15-17-19-21-28-83-29-22-24-65-44(73)66(25-23-30-84-31-27-76-38(5)64-48(7,36-80-41(70)11-3)37-81-42(71)12-4)46(75)67(45(65)74)33-50(56,57)52(60,61)82-53(62,63)51(58,59)49(8,54)55;;/h9-12,64H,1-5,13-37H2,6-8H3;2*1H4. The molecule has 0 aromatic carbocycles. The minimum absolute atomic E-state index is 0. The Morgan fingerprint density at radius 3 is 1.31 bits per heavy atom. The van der Waals surface area contributed by atoms with Crippen LogP contribution in [0.2, 0.25) is 0 Å². The summed E-state index contributed by atoms with van der Waals surface area (Å²) in [6.07, 6.45) is -2.68. The van der Waals surface area contributed by atoms with E-state index in [1.54, 1.807) is 6.92 Å². The molecular formula is C55H82F10N4O15S2. The number of carbonyl (C=O) groups is 5. The normalized spacial score (nSPS) is 12.1. The molecular weight excluding hydrogens is 1210 g/mol. The molecule has 86 heavy (non-hydrogen) atoms. The molecule has 0 unspecified atom stereocenters. The van der Waals surface area contributed by atoms with Crippen molar-refractivity contribution in [3.05, 3.63) is 94.5 Å². The highest BCUT2D eigenvalue weighted by atomic mass is 32.2. The van der Waals surface area contributed by atoms with Gasteiger partial charge in [0.05, 0.1) is 19.6 Å². The first-order chi connectivity index (χ1) is 39.1. The van der Waals surface area contributed by atoms with E-state index in [9.17, 15) is 73.5 Å². The number of halogens is 10. The van der Waals surface area contributed by atoms with Gasteiger partial charge in [-0.1, -0.05) is 93.0 Å². The van der Waals surface area contributed by atoms with Gasteiger partial charge in [0.25, 0.3) is 0 Å². The van der Waals surface area contributed by atoms with Gasteiger partial charge in [0, 0.05) is 55.5 Å². The van der Waals surface area contributed by atoms with Crippen LogP contribution in [-0.2, 0) is 76.8 Å². The van der Waals surface area contributed by atoms with Crippen molar-refractivity contribution in [3.63, 3.8) is 0 Å². The van der Waals surface area contributed by atoms with E-state index in [2.05, 4.69) is 42.9 Å². The highest BCUT2D eigenvalue weighted by Gasteiger charge is 2.75. The summed E-state index contributed by atoms with van der Waals surface area (Å²) in [5, 5.41) is 2.82. The zero-order valence-electron chi connectivity index (χ0n) is 47.1. The van der Waals surface area contributed by atoms with Gasteiger partial charge in [0.15, 0.2) is 5.88 Å². The first-order valence-corrected chi connectivity index (χ1v) is 28.5. The smallest absolute Gasteiger partial charge is 0.430 e. The van der Waals surface area contributed by atoms with Gasteiger partial charge in [-0.3, -0.25) is 4.79 Å². The van der Waals surface area contributed by atoms with Crippen LogP contribution in [0.1, 0.15) is 113 Å². The van der Waals surface area contributed by atoms with Gasteiger partial charge in [-0.05, 0) is 56.4 Å². The molecule has 0 aliphatic carbocycles. The number of hydrogen-bond donors (Lipinski definition) is 1. The lowest BCUT2D eigenvalue weighted by Crippen LogP contribution is -2.61. The fourth-order valence-corrected chi connectivity index (χ4v) is 8.75. The molecule has 0 saturated heterocycles. The molecule has 0 saturated carbocycles. The average Bonchev–Trinajstić information content (AvgIpc) is 0.899. The number of hydrogen-bond acceptors (Lipinski definition) is 18. The number of thioether (sulfide) groups is 2. The third-order valence-electron chi connectivity index (χ3n) is 11.8. The molecule has 1 heterocycles. The Kier molecular flexibility index (Phi) is 37.2. The molecule has 0 spiro atoms. The van der Waals surface area contributed by atoms with E-state index >= 15 is 8.78 Å². The summed E-state index contributed by atoms with van der Waals surface area (Å²) >= 11 is 2.53. The van der Waals surface area contributed by atoms with Crippen molar-refractivity contribution in [2.75, 3.05) is 62.7 Å². The van der Waals surface area contributed by atoms with Crippen LogP contribution in [0.5, 0.6) is 0 Å². The lowest BCUT2D eigenvalue weighted by molar-refractivity contribution is -0.485. The van der Waals surface area contributed by atoms with Crippen LogP contribution < -0.4 is 22.4 Å². The molecule has 19 nitrogen and oxygen atoms in total. The quantitative estimate of drug-likeness (QED) is 0.0160. The van der Waals surface area contributed by atoms with Crippen LogP contribution in [0.25, 0.3) is 0 Å². The van der Waals surface area contributed by atoms with Crippen LogP contribution >= 0.6 is 23.5 Å². The Bertz CT molecular complexity index is 2510. The lowest BCUT2D eigenvalue weighted by Gasteiger charge is -2.34. The molecule has 0 amide bonds. The second-order valence-corrected chi connectivity index (χ2v) is 22.0. The van der Waals surface area contributed by atoms with Crippen LogP contribution in [0.15, 0.2) is 77.5 Å². The zero-order chi connectivity index (χ0) is 64.0. The van der Waals surface area contributed by atoms with Crippen molar-refractivity contribution < 1.29 is 101 Å². The molecule has 1 aromatic heterocycles. The Labute approximate surface area is 502 Å². The van der Waals surface area contributed by atoms with Gasteiger partial charge in [0.2, 0.25) is 0 Å². The molecule has 0 fully saturated rings. The zero-order valence-corrected chi connectivity index (χ0v) is 48.7. The molecule has 0 radical (unpaired) electrons. The molecule has 0 atom stereocenters. The number of esters is 5. The van der Waals surface area contributed by atoms with Crippen molar-refractivity contribution >= 4 is 53.4 Å². The van der Waals surface area contributed by atoms with Crippen molar-refractivity contribution in [1.29, 1.82) is 0 Å². The van der Waals surface area contributed by atoms with E-state index < -0.39 is 119 Å². The highest BCUT2D eigenvalue weighted by molar-refractivity contribution is 7.99. The number of rotatable bonds is 47. The lowest BCUT2D eigenvalue weighted by atomic mass is 9.88. The summed E-state index contributed by atoms with van der Waals surface area (Å²) in [4.78, 5) is 99.3. The number of carbonyl (C=O) groups excluding carboxylic acids is 5. The van der Waals surface area contributed by atoms with Crippen molar-refractivity contribution in [3.8, 4) is 0 Å². The maximum Gasteiger partial charge on any atom is 0.430 e. The minimum atomic E-state index is -6.92. The number of nitrogens with one attached hydrogen (secondary N) is 1. The number of ether oxygens (including phenoxy) is 7. The van der Waals surface area contributed by atoms with Crippen LogP contribution in [0.3, 0.4) is 0 Å².